The maximum absolute atomic E-state index is 11.8. The van der Waals surface area contributed by atoms with Gasteiger partial charge in [0, 0.05) is 23.7 Å². The van der Waals surface area contributed by atoms with Crippen molar-refractivity contribution in [2.45, 2.75) is 19.9 Å². The van der Waals surface area contributed by atoms with Crippen LogP contribution in [0.15, 0.2) is 18.2 Å². The Kier molecular flexibility index (Phi) is 4.17. The second-order valence-corrected chi connectivity index (χ2v) is 3.81. The van der Waals surface area contributed by atoms with Crippen molar-refractivity contribution in [2.75, 3.05) is 6.61 Å². The molecule has 1 aromatic carbocycles. The molecule has 0 aliphatic rings. The zero-order valence-corrected chi connectivity index (χ0v) is 9.64. The molecule has 0 aromatic heterocycles. The fraction of sp³-hybridized carbons (Fsp3) is 0.364. The average Bonchev–Trinajstić information content (AvgIpc) is 2.28. The Hall–Kier alpha value is -1.95. The van der Waals surface area contributed by atoms with Crippen LogP contribution in [0, 0.1) is 17.0 Å². The number of aliphatic hydroxyl groups excluding tert-OH is 1. The van der Waals surface area contributed by atoms with Crippen LogP contribution in [0.2, 0.25) is 0 Å². The van der Waals surface area contributed by atoms with Gasteiger partial charge in [-0.15, -0.1) is 0 Å². The number of rotatable bonds is 4. The zero-order chi connectivity index (χ0) is 13.0. The fourth-order valence-corrected chi connectivity index (χ4v) is 1.32. The molecule has 0 saturated heterocycles. The van der Waals surface area contributed by atoms with E-state index in [2.05, 4.69) is 5.32 Å². The van der Waals surface area contributed by atoms with E-state index < -0.39 is 10.8 Å². The molecule has 0 aliphatic carbocycles. The molecule has 0 fully saturated rings. The third-order valence-corrected chi connectivity index (χ3v) is 2.33. The van der Waals surface area contributed by atoms with E-state index in [1.807, 2.05) is 0 Å². The van der Waals surface area contributed by atoms with Crippen molar-refractivity contribution in [3.63, 3.8) is 0 Å². The minimum Gasteiger partial charge on any atom is -0.394 e. The molecule has 17 heavy (non-hydrogen) atoms. The molecule has 1 amide bonds. The molecular weight excluding hydrogens is 224 g/mol. The van der Waals surface area contributed by atoms with Gasteiger partial charge in [-0.05, 0) is 19.4 Å². The van der Waals surface area contributed by atoms with Gasteiger partial charge < -0.3 is 10.4 Å². The van der Waals surface area contributed by atoms with Crippen LogP contribution in [0.4, 0.5) is 5.69 Å². The van der Waals surface area contributed by atoms with E-state index in [1.54, 1.807) is 13.8 Å². The number of non-ortho nitro benzene ring substituents is 1. The van der Waals surface area contributed by atoms with Gasteiger partial charge >= 0.3 is 0 Å². The molecular formula is C11H14N2O4. The van der Waals surface area contributed by atoms with E-state index >= 15 is 0 Å². The topological polar surface area (TPSA) is 92.5 Å². The van der Waals surface area contributed by atoms with Crippen LogP contribution < -0.4 is 5.32 Å². The van der Waals surface area contributed by atoms with E-state index in [-0.39, 0.29) is 23.9 Å². The largest absolute Gasteiger partial charge is 0.394 e. The van der Waals surface area contributed by atoms with Gasteiger partial charge in [-0.2, -0.15) is 0 Å². The van der Waals surface area contributed by atoms with Gasteiger partial charge in [0.15, 0.2) is 0 Å². The Balaban J connectivity index is 3.00. The number of hydrogen-bond acceptors (Lipinski definition) is 4. The highest BCUT2D eigenvalue weighted by Gasteiger charge is 2.15. The van der Waals surface area contributed by atoms with Gasteiger partial charge in [0.2, 0.25) is 0 Å². The minimum atomic E-state index is -0.550. The minimum absolute atomic E-state index is 0.127. The summed E-state index contributed by atoms with van der Waals surface area (Å²) in [7, 11) is 0. The summed E-state index contributed by atoms with van der Waals surface area (Å²) < 4.78 is 0. The molecule has 0 bridgehead atoms. The monoisotopic (exact) mass is 238 g/mol. The first-order valence-electron chi connectivity index (χ1n) is 5.12. The molecule has 1 unspecified atom stereocenters. The SMILES string of the molecule is Cc1ccc([N+](=O)[O-])cc1C(=O)NC(C)CO. The maximum atomic E-state index is 11.8. The Morgan fingerprint density at radius 3 is 2.76 bits per heavy atom. The molecule has 0 heterocycles. The number of nitro benzene ring substituents is 1. The van der Waals surface area contributed by atoms with Crippen molar-refractivity contribution in [3.05, 3.63) is 39.4 Å². The number of nitro groups is 1. The van der Waals surface area contributed by atoms with E-state index in [0.29, 0.717) is 5.56 Å². The van der Waals surface area contributed by atoms with Gasteiger partial charge in [0.1, 0.15) is 0 Å². The summed E-state index contributed by atoms with van der Waals surface area (Å²) in [5, 5.41) is 22.0. The first-order valence-corrected chi connectivity index (χ1v) is 5.12. The highest BCUT2D eigenvalue weighted by Crippen LogP contribution is 2.17. The van der Waals surface area contributed by atoms with Crippen molar-refractivity contribution in [1.82, 2.24) is 5.32 Å². The summed E-state index contributed by atoms with van der Waals surface area (Å²) in [6, 6.07) is 3.72. The Bertz CT molecular complexity index is 445. The van der Waals surface area contributed by atoms with Crippen molar-refractivity contribution >= 4 is 11.6 Å². The van der Waals surface area contributed by atoms with Gasteiger partial charge in [-0.25, -0.2) is 0 Å². The number of aryl methyl sites for hydroxylation is 1. The van der Waals surface area contributed by atoms with Crippen LogP contribution in [0.25, 0.3) is 0 Å². The number of nitrogens with zero attached hydrogens (tertiary/aromatic N) is 1. The lowest BCUT2D eigenvalue weighted by Crippen LogP contribution is -2.35. The van der Waals surface area contributed by atoms with Crippen LogP contribution in [0.5, 0.6) is 0 Å². The molecule has 6 nitrogen and oxygen atoms in total. The number of carbonyl (C=O) groups excluding carboxylic acids is 1. The van der Waals surface area contributed by atoms with Crippen LogP contribution in [0.3, 0.4) is 0 Å². The summed E-state index contributed by atoms with van der Waals surface area (Å²) in [5.74, 6) is -0.423. The lowest BCUT2D eigenvalue weighted by molar-refractivity contribution is -0.384. The van der Waals surface area contributed by atoms with Gasteiger partial charge in [0.25, 0.3) is 11.6 Å². The third-order valence-electron chi connectivity index (χ3n) is 2.33. The number of benzene rings is 1. The first kappa shape index (κ1) is 13.1. The summed E-state index contributed by atoms with van der Waals surface area (Å²) in [4.78, 5) is 21.8. The molecule has 6 heteroatoms. The predicted octanol–water partition coefficient (Wildman–Crippen LogP) is 1.01. The number of amides is 1. The van der Waals surface area contributed by atoms with E-state index in [9.17, 15) is 14.9 Å². The second kappa shape index (κ2) is 5.40. The van der Waals surface area contributed by atoms with Gasteiger partial charge in [-0.1, -0.05) is 6.07 Å². The molecule has 1 atom stereocenters. The number of nitrogens with one attached hydrogen (secondary N) is 1. The predicted molar refractivity (Wildman–Crippen MR) is 61.8 cm³/mol. The van der Waals surface area contributed by atoms with Crippen molar-refractivity contribution in [3.8, 4) is 0 Å². The van der Waals surface area contributed by atoms with Crippen molar-refractivity contribution < 1.29 is 14.8 Å². The van der Waals surface area contributed by atoms with Crippen LogP contribution in [0.1, 0.15) is 22.8 Å². The Labute approximate surface area is 98.4 Å². The molecule has 92 valence electrons. The lowest BCUT2D eigenvalue weighted by atomic mass is 10.1. The standard InChI is InChI=1S/C11H14N2O4/c1-7-3-4-9(13(16)17)5-10(7)11(15)12-8(2)6-14/h3-5,8,14H,6H2,1-2H3,(H,12,15). The van der Waals surface area contributed by atoms with Crippen LogP contribution in [-0.2, 0) is 0 Å². The van der Waals surface area contributed by atoms with Gasteiger partial charge in [0.05, 0.1) is 11.5 Å². The van der Waals surface area contributed by atoms with Crippen molar-refractivity contribution in [2.24, 2.45) is 0 Å². The third kappa shape index (κ3) is 3.25. The number of aliphatic hydroxyl groups is 1. The maximum Gasteiger partial charge on any atom is 0.270 e. The molecule has 2 N–H and O–H groups in total. The van der Waals surface area contributed by atoms with E-state index in [4.69, 9.17) is 5.11 Å². The Morgan fingerprint density at radius 1 is 1.59 bits per heavy atom. The quantitative estimate of drug-likeness (QED) is 0.605. The van der Waals surface area contributed by atoms with Crippen LogP contribution in [-0.4, -0.2) is 28.6 Å². The molecule has 1 aromatic rings. The normalized spacial score (nSPS) is 11.9. The number of hydrogen-bond donors (Lipinski definition) is 2. The van der Waals surface area contributed by atoms with E-state index in [1.165, 1.54) is 18.2 Å². The highest BCUT2D eigenvalue weighted by molar-refractivity contribution is 5.96. The molecule has 0 saturated carbocycles. The lowest BCUT2D eigenvalue weighted by Gasteiger charge is -2.11. The number of carbonyl (C=O) groups is 1. The molecule has 0 aliphatic heterocycles. The first-order chi connectivity index (χ1) is 7.95. The molecule has 0 radical (unpaired) electrons. The summed E-state index contributed by atoms with van der Waals surface area (Å²) >= 11 is 0. The molecule has 0 spiro atoms. The smallest absolute Gasteiger partial charge is 0.270 e. The Morgan fingerprint density at radius 2 is 2.24 bits per heavy atom. The van der Waals surface area contributed by atoms with Crippen molar-refractivity contribution in [1.29, 1.82) is 0 Å². The van der Waals surface area contributed by atoms with Crippen LogP contribution >= 0.6 is 0 Å². The zero-order valence-electron chi connectivity index (χ0n) is 9.64. The van der Waals surface area contributed by atoms with E-state index in [0.717, 1.165) is 0 Å². The van der Waals surface area contributed by atoms with Gasteiger partial charge in [-0.3, -0.25) is 14.9 Å². The average molecular weight is 238 g/mol. The summed E-state index contributed by atoms with van der Waals surface area (Å²) in [5.41, 5.74) is 0.773. The fourth-order valence-electron chi connectivity index (χ4n) is 1.32. The summed E-state index contributed by atoms with van der Waals surface area (Å²) in [6.45, 7) is 3.16. The molecule has 1 rings (SSSR count). The second-order valence-electron chi connectivity index (χ2n) is 3.81. The summed E-state index contributed by atoms with van der Waals surface area (Å²) in [6.07, 6.45) is 0. The highest BCUT2D eigenvalue weighted by atomic mass is 16.6.